The van der Waals surface area contributed by atoms with Crippen LogP contribution < -0.4 is 20.3 Å². The predicted molar refractivity (Wildman–Crippen MR) is 126 cm³/mol. The number of nitrogens with one attached hydrogen (secondary N) is 2. The summed E-state index contributed by atoms with van der Waals surface area (Å²) in [6.45, 7) is 2.60. The number of guanidine groups is 1. The molecule has 0 bridgehead atoms. The van der Waals surface area contributed by atoms with Crippen LogP contribution in [-0.4, -0.2) is 50.8 Å². The van der Waals surface area contributed by atoms with Gasteiger partial charge in [0.2, 0.25) is 0 Å². The predicted octanol–water partition coefficient (Wildman–Crippen LogP) is 3.35. The molecule has 3 rings (SSSR count). The third kappa shape index (κ3) is 6.13. The largest absolute Gasteiger partial charge is 0.495 e. The lowest BCUT2D eigenvalue weighted by Gasteiger charge is -2.22. The standard InChI is InChI=1S/C20H26ClN5O.HI/c1-22-20(24-11-8-16-5-3-4-10-23-16)25-17-9-12-26(14-17)18-13-15(21)6-7-19(18)27-2;/h3-7,10,13,17H,8-9,11-12,14H2,1-2H3,(H2,22,24,25);1H. The van der Waals surface area contributed by atoms with Crippen LogP contribution in [0.25, 0.3) is 0 Å². The first-order chi connectivity index (χ1) is 13.2. The fourth-order valence-electron chi connectivity index (χ4n) is 3.25. The van der Waals surface area contributed by atoms with E-state index in [1.54, 1.807) is 14.2 Å². The van der Waals surface area contributed by atoms with Gasteiger partial charge < -0.3 is 20.3 Å². The van der Waals surface area contributed by atoms with Crippen molar-refractivity contribution < 1.29 is 4.74 Å². The molecule has 1 aromatic heterocycles. The molecule has 1 aliphatic rings. The van der Waals surface area contributed by atoms with Gasteiger partial charge >= 0.3 is 0 Å². The first kappa shape index (κ1) is 22.5. The number of aromatic nitrogens is 1. The van der Waals surface area contributed by atoms with Crippen LogP contribution in [-0.2, 0) is 6.42 Å². The Morgan fingerprint density at radius 2 is 2.21 bits per heavy atom. The Morgan fingerprint density at radius 3 is 2.93 bits per heavy atom. The van der Waals surface area contributed by atoms with E-state index in [-0.39, 0.29) is 24.0 Å². The molecule has 1 fully saturated rings. The van der Waals surface area contributed by atoms with Gasteiger partial charge in [0.05, 0.1) is 12.8 Å². The van der Waals surface area contributed by atoms with Gasteiger partial charge in [0, 0.05) is 56.1 Å². The van der Waals surface area contributed by atoms with E-state index in [2.05, 4.69) is 25.5 Å². The number of nitrogens with zero attached hydrogens (tertiary/aromatic N) is 3. The first-order valence-electron chi connectivity index (χ1n) is 9.15. The maximum Gasteiger partial charge on any atom is 0.191 e. The lowest BCUT2D eigenvalue weighted by Crippen LogP contribution is -2.45. The average molecular weight is 516 g/mol. The van der Waals surface area contributed by atoms with Crippen molar-refractivity contribution in [3.05, 3.63) is 53.3 Å². The summed E-state index contributed by atoms with van der Waals surface area (Å²) in [6, 6.07) is 12.0. The third-order valence-electron chi connectivity index (χ3n) is 4.63. The van der Waals surface area contributed by atoms with Crippen molar-refractivity contribution in [3.63, 3.8) is 0 Å². The van der Waals surface area contributed by atoms with Gasteiger partial charge in [0.1, 0.15) is 5.75 Å². The smallest absolute Gasteiger partial charge is 0.191 e. The Morgan fingerprint density at radius 1 is 1.36 bits per heavy atom. The number of hydrogen-bond donors (Lipinski definition) is 2. The molecule has 0 amide bonds. The summed E-state index contributed by atoms with van der Waals surface area (Å²) in [4.78, 5) is 11.0. The van der Waals surface area contributed by atoms with Crippen molar-refractivity contribution in [2.45, 2.75) is 18.9 Å². The van der Waals surface area contributed by atoms with E-state index in [0.29, 0.717) is 11.1 Å². The van der Waals surface area contributed by atoms with Crippen LogP contribution in [0.4, 0.5) is 5.69 Å². The summed E-state index contributed by atoms with van der Waals surface area (Å²) in [5, 5.41) is 7.59. The van der Waals surface area contributed by atoms with Crippen LogP contribution >= 0.6 is 35.6 Å². The molecule has 0 spiro atoms. The highest BCUT2D eigenvalue weighted by Gasteiger charge is 2.25. The lowest BCUT2D eigenvalue weighted by molar-refractivity contribution is 0.415. The Labute approximate surface area is 188 Å². The molecule has 0 saturated carbocycles. The Balaban J connectivity index is 0.00000280. The number of benzene rings is 1. The number of aliphatic imine (C=N–C) groups is 1. The van der Waals surface area contributed by atoms with Gasteiger partial charge in [-0.25, -0.2) is 0 Å². The van der Waals surface area contributed by atoms with Crippen molar-refractivity contribution in [2.75, 3.05) is 38.7 Å². The molecule has 0 aliphatic carbocycles. The van der Waals surface area contributed by atoms with E-state index in [0.717, 1.165) is 55.6 Å². The van der Waals surface area contributed by atoms with E-state index in [1.165, 1.54) is 0 Å². The van der Waals surface area contributed by atoms with E-state index < -0.39 is 0 Å². The Bertz CT molecular complexity index is 774. The molecule has 1 aliphatic heterocycles. The molecular weight excluding hydrogens is 489 g/mol. The SMILES string of the molecule is CN=C(NCCc1ccccn1)NC1CCN(c2cc(Cl)ccc2OC)C1.I. The second-order valence-electron chi connectivity index (χ2n) is 6.46. The summed E-state index contributed by atoms with van der Waals surface area (Å²) in [6.07, 6.45) is 3.70. The number of ether oxygens (including phenoxy) is 1. The van der Waals surface area contributed by atoms with Gasteiger partial charge in [-0.2, -0.15) is 0 Å². The molecular formula is C20H27ClIN5O. The number of methoxy groups -OCH3 is 1. The van der Waals surface area contributed by atoms with Crippen molar-refractivity contribution in [3.8, 4) is 5.75 Å². The first-order valence-corrected chi connectivity index (χ1v) is 9.53. The second kappa shape index (κ2) is 11.3. The number of pyridine rings is 1. The number of anilines is 1. The normalized spacial score (nSPS) is 16.5. The molecule has 1 saturated heterocycles. The number of rotatable bonds is 6. The molecule has 152 valence electrons. The molecule has 1 aromatic carbocycles. The van der Waals surface area contributed by atoms with Crippen LogP contribution in [0.5, 0.6) is 5.75 Å². The molecule has 2 heterocycles. The van der Waals surface area contributed by atoms with Crippen LogP contribution in [0.2, 0.25) is 5.02 Å². The minimum Gasteiger partial charge on any atom is -0.495 e. The highest BCUT2D eigenvalue weighted by Crippen LogP contribution is 2.33. The fraction of sp³-hybridized carbons (Fsp3) is 0.400. The second-order valence-corrected chi connectivity index (χ2v) is 6.90. The molecule has 8 heteroatoms. The van der Waals surface area contributed by atoms with Gasteiger partial charge in [0.15, 0.2) is 5.96 Å². The number of halogens is 2. The maximum atomic E-state index is 6.17. The van der Waals surface area contributed by atoms with Crippen LogP contribution in [0.1, 0.15) is 12.1 Å². The van der Waals surface area contributed by atoms with Gasteiger partial charge in [-0.1, -0.05) is 17.7 Å². The van der Waals surface area contributed by atoms with Crippen molar-refractivity contribution >= 4 is 47.2 Å². The summed E-state index contributed by atoms with van der Waals surface area (Å²) in [7, 11) is 3.48. The van der Waals surface area contributed by atoms with Crippen molar-refractivity contribution in [1.29, 1.82) is 0 Å². The van der Waals surface area contributed by atoms with Crippen LogP contribution in [0, 0.1) is 0 Å². The van der Waals surface area contributed by atoms with E-state index >= 15 is 0 Å². The molecule has 1 unspecified atom stereocenters. The highest BCUT2D eigenvalue weighted by atomic mass is 127. The van der Waals surface area contributed by atoms with Crippen molar-refractivity contribution in [2.24, 2.45) is 4.99 Å². The van der Waals surface area contributed by atoms with Crippen LogP contribution in [0.15, 0.2) is 47.6 Å². The average Bonchev–Trinajstić information content (AvgIpc) is 3.16. The van der Waals surface area contributed by atoms with E-state index in [1.807, 2.05) is 42.6 Å². The molecule has 6 nitrogen and oxygen atoms in total. The van der Waals surface area contributed by atoms with Crippen molar-refractivity contribution in [1.82, 2.24) is 15.6 Å². The summed E-state index contributed by atoms with van der Waals surface area (Å²) >= 11 is 6.17. The Hall–Kier alpha value is -1.74. The summed E-state index contributed by atoms with van der Waals surface area (Å²) in [5.41, 5.74) is 2.10. The van der Waals surface area contributed by atoms with Gasteiger partial charge in [-0.15, -0.1) is 24.0 Å². The summed E-state index contributed by atoms with van der Waals surface area (Å²) in [5.74, 6) is 1.66. The fourth-order valence-corrected chi connectivity index (χ4v) is 3.42. The lowest BCUT2D eigenvalue weighted by atomic mass is 10.2. The van der Waals surface area contributed by atoms with Crippen LogP contribution in [0.3, 0.4) is 0 Å². The molecule has 2 aromatic rings. The monoisotopic (exact) mass is 515 g/mol. The molecule has 0 radical (unpaired) electrons. The quantitative estimate of drug-likeness (QED) is 0.351. The highest BCUT2D eigenvalue weighted by molar-refractivity contribution is 14.0. The molecule has 2 N–H and O–H groups in total. The molecule has 1 atom stereocenters. The van der Waals surface area contributed by atoms with Gasteiger partial charge in [0.25, 0.3) is 0 Å². The topological polar surface area (TPSA) is 61.8 Å². The third-order valence-corrected chi connectivity index (χ3v) is 4.87. The van der Waals surface area contributed by atoms with E-state index in [9.17, 15) is 0 Å². The minimum atomic E-state index is 0. The maximum absolute atomic E-state index is 6.17. The van der Waals surface area contributed by atoms with Gasteiger partial charge in [-0.05, 0) is 36.8 Å². The zero-order chi connectivity index (χ0) is 19.1. The van der Waals surface area contributed by atoms with Gasteiger partial charge in [-0.3, -0.25) is 9.98 Å². The minimum absolute atomic E-state index is 0. The zero-order valence-corrected chi connectivity index (χ0v) is 19.3. The Kier molecular flexibility index (Phi) is 9.11. The zero-order valence-electron chi connectivity index (χ0n) is 16.2. The van der Waals surface area contributed by atoms with E-state index in [4.69, 9.17) is 16.3 Å². The number of hydrogen-bond acceptors (Lipinski definition) is 4. The molecule has 28 heavy (non-hydrogen) atoms. The summed E-state index contributed by atoms with van der Waals surface area (Å²) < 4.78 is 5.48.